The van der Waals surface area contributed by atoms with Gasteiger partial charge in [0.15, 0.2) is 5.17 Å². The van der Waals surface area contributed by atoms with E-state index in [1.807, 2.05) is 39.8 Å². The minimum Gasteiger partial charge on any atom is -0.320 e. The van der Waals surface area contributed by atoms with E-state index in [1.165, 1.54) is 30.0 Å². The fraction of sp³-hybridized carbons (Fsp3) is 0.318. The largest absolute Gasteiger partial charge is 0.320 e. The number of para-hydroxylation sites is 2. The molecule has 1 heterocycles. The highest BCUT2D eigenvalue weighted by Gasteiger charge is 2.38. The van der Waals surface area contributed by atoms with Crippen LogP contribution in [0.25, 0.3) is 0 Å². The Hall–Kier alpha value is -3.20. The molecule has 1 atom stereocenters. The number of benzene rings is 2. The number of nitro benzene ring substituents is 1. The molecular weight excluding hydrogens is 416 g/mol. The molecule has 1 aliphatic rings. The zero-order chi connectivity index (χ0) is 22.7. The summed E-state index contributed by atoms with van der Waals surface area (Å²) < 4.78 is 0. The number of nitrogens with zero attached hydrogens (tertiary/aromatic N) is 3. The van der Waals surface area contributed by atoms with Gasteiger partial charge in [-0.25, -0.2) is 4.99 Å². The lowest BCUT2D eigenvalue weighted by Crippen LogP contribution is -2.33. The summed E-state index contributed by atoms with van der Waals surface area (Å²) in [6.45, 7) is 8.29. The molecule has 2 amide bonds. The number of amides is 2. The van der Waals surface area contributed by atoms with Crippen LogP contribution < -0.4 is 5.32 Å². The van der Waals surface area contributed by atoms with Crippen LogP contribution in [0, 0.1) is 30.9 Å². The maximum atomic E-state index is 12.9. The van der Waals surface area contributed by atoms with Crippen molar-refractivity contribution in [2.45, 2.75) is 39.4 Å². The molecule has 0 radical (unpaired) electrons. The average molecular weight is 441 g/mol. The third-order valence-electron chi connectivity index (χ3n) is 4.92. The van der Waals surface area contributed by atoms with Gasteiger partial charge >= 0.3 is 0 Å². The predicted octanol–water partition coefficient (Wildman–Crippen LogP) is 4.50. The topological polar surface area (TPSA) is 105 Å². The van der Waals surface area contributed by atoms with Crippen molar-refractivity contribution in [1.29, 1.82) is 0 Å². The van der Waals surface area contributed by atoms with Gasteiger partial charge in [0.2, 0.25) is 11.8 Å². The summed E-state index contributed by atoms with van der Waals surface area (Å²) in [6, 6.07) is 10.0. The molecule has 8 nitrogen and oxygen atoms in total. The van der Waals surface area contributed by atoms with Crippen LogP contribution in [0.5, 0.6) is 0 Å². The Morgan fingerprint density at radius 2 is 1.87 bits per heavy atom. The van der Waals surface area contributed by atoms with Gasteiger partial charge in [-0.05, 0) is 44.9 Å². The lowest BCUT2D eigenvalue weighted by atomic mass is 10.1. The van der Waals surface area contributed by atoms with Crippen molar-refractivity contribution in [2.24, 2.45) is 4.99 Å². The van der Waals surface area contributed by atoms with E-state index in [9.17, 15) is 19.7 Å². The van der Waals surface area contributed by atoms with E-state index in [2.05, 4.69) is 5.32 Å². The van der Waals surface area contributed by atoms with Crippen LogP contribution in [-0.2, 0) is 9.59 Å². The standard InChI is InChI=1S/C22H24N4O4S/c1-5-25-21(28)18(12-19(27)23-16-8-6-7-9-17(16)26(29)30)31-22(25)24-20-14(3)10-13(2)11-15(20)4/h6-11,18H,5,12H2,1-4H3,(H,23,27). The molecule has 1 fully saturated rings. The number of aryl methyl sites for hydroxylation is 3. The molecule has 1 unspecified atom stereocenters. The zero-order valence-corrected chi connectivity index (χ0v) is 18.7. The Labute approximate surface area is 184 Å². The van der Waals surface area contributed by atoms with Crippen LogP contribution in [-0.4, -0.2) is 38.6 Å². The Balaban J connectivity index is 1.79. The Kier molecular flexibility index (Phi) is 6.74. The van der Waals surface area contributed by atoms with Gasteiger partial charge in [-0.1, -0.05) is 41.6 Å². The second-order valence-corrected chi connectivity index (χ2v) is 8.53. The molecule has 1 aliphatic heterocycles. The molecule has 0 spiro atoms. The number of nitro groups is 1. The van der Waals surface area contributed by atoms with Crippen LogP contribution in [0.15, 0.2) is 41.4 Å². The molecule has 1 N–H and O–H groups in total. The van der Waals surface area contributed by atoms with Gasteiger partial charge in [-0.15, -0.1) is 0 Å². The number of hydrogen-bond acceptors (Lipinski definition) is 6. The van der Waals surface area contributed by atoms with Gasteiger partial charge in [-0.2, -0.15) is 0 Å². The van der Waals surface area contributed by atoms with E-state index in [-0.39, 0.29) is 23.7 Å². The van der Waals surface area contributed by atoms with E-state index < -0.39 is 16.1 Å². The fourth-order valence-corrected chi connectivity index (χ4v) is 4.78. The Morgan fingerprint density at radius 3 is 2.48 bits per heavy atom. The SMILES string of the molecule is CCN1C(=O)C(CC(=O)Nc2ccccc2[N+](=O)[O-])SC1=Nc1c(C)cc(C)cc1C. The van der Waals surface area contributed by atoms with Gasteiger partial charge in [0.05, 0.1) is 10.6 Å². The summed E-state index contributed by atoms with van der Waals surface area (Å²) in [5.74, 6) is -0.647. The Bertz CT molecular complexity index is 1060. The third-order valence-corrected chi connectivity index (χ3v) is 6.10. The van der Waals surface area contributed by atoms with Gasteiger partial charge in [-0.3, -0.25) is 24.6 Å². The molecule has 0 aromatic heterocycles. The molecule has 0 aliphatic carbocycles. The van der Waals surface area contributed by atoms with E-state index in [1.54, 1.807) is 11.0 Å². The number of carbonyl (C=O) groups excluding carboxylic acids is 2. The molecule has 0 saturated carbocycles. The molecule has 3 rings (SSSR count). The molecular formula is C22H24N4O4S. The van der Waals surface area contributed by atoms with E-state index in [4.69, 9.17) is 4.99 Å². The molecule has 31 heavy (non-hydrogen) atoms. The summed E-state index contributed by atoms with van der Waals surface area (Å²) in [5.41, 5.74) is 3.93. The lowest BCUT2D eigenvalue weighted by Gasteiger charge is -2.14. The van der Waals surface area contributed by atoms with Crippen molar-refractivity contribution in [1.82, 2.24) is 4.90 Å². The van der Waals surface area contributed by atoms with Gasteiger partial charge < -0.3 is 5.32 Å². The summed E-state index contributed by atoms with van der Waals surface area (Å²) in [4.78, 5) is 42.3. The first kappa shape index (κ1) is 22.5. The second kappa shape index (κ2) is 9.30. The fourth-order valence-electron chi connectivity index (χ4n) is 3.57. The second-order valence-electron chi connectivity index (χ2n) is 7.36. The molecule has 2 aromatic rings. The summed E-state index contributed by atoms with van der Waals surface area (Å²) in [7, 11) is 0. The van der Waals surface area contributed by atoms with Crippen molar-refractivity contribution in [3.8, 4) is 0 Å². The minimum atomic E-state index is -0.632. The smallest absolute Gasteiger partial charge is 0.292 e. The first-order valence-corrected chi connectivity index (χ1v) is 10.8. The van der Waals surface area contributed by atoms with E-state index in [0.717, 1.165) is 22.4 Å². The highest BCUT2D eigenvalue weighted by molar-refractivity contribution is 8.15. The number of rotatable bonds is 6. The number of hydrogen-bond donors (Lipinski definition) is 1. The quantitative estimate of drug-likeness (QED) is 0.526. The molecule has 1 saturated heterocycles. The van der Waals surface area contributed by atoms with Crippen LogP contribution >= 0.6 is 11.8 Å². The molecule has 0 bridgehead atoms. The maximum Gasteiger partial charge on any atom is 0.292 e. The average Bonchev–Trinajstić information content (AvgIpc) is 2.99. The predicted molar refractivity (Wildman–Crippen MR) is 123 cm³/mol. The van der Waals surface area contributed by atoms with Crippen molar-refractivity contribution in [2.75, 3.05) is 11.9 Å². The van der Waals surface area contributed by atoms with Crippen LogP contribution in [0.3, 0.4) is 0 Å². The zero-order valence-electron chi connectivity index (χ0n) is 17.8. The maximum absolute atomic E-state index is 12.9. The summed E-state index contributed by atoms with van der Waals surface area (Å²) in [6.07, 6.45) is -0.100. The lowest BCUT2D eigenvalue weighted by molar-refractivity contribution is -0.383. The highest BCUT2D eigenvalue weighted by atomic mass is 32.2. The van der Waals surface area contributed by atoms with Crippen LogP contribution in [0.1, 0.15) is 30.0 Å². The van der Waals surface area contributed by atoms with Crippen molar-refractivity contribution < 1.29 is 14.5 Å². The van der Waals surface area contributed by atoms with E-state index >= 15 is 0 Å². The summed E-state index contributed by atoms with van der Waals surface area (Å²) >= 11 is 1.25. The van der Waals surface area contributed by atoms with Gasteiger partial charge in [0.1, 0.15) is 10.9 Å². The Morgan fingerprint density at radius 1 is 1.23 bits per heavy atom. The van der Waals surface area contributed by atoms with Crippen LogP contribution in [0.4, 0.5) is 17.1 Å². The number of aliphatic imine (C=N–C) groups is 1. The number of nitrogens with one attached hydrogen (secondary N) is 1. The number of carbonyl (C=O) groups is 2. The van der Waals surface area contributed by atoms with Crippen molar-refractivity contribution in [3.05, 3.63) is 63.2 Å². The molecule has 162 valence electrons. The number of amidine groups is 1. The first-order valence-electron chi connectivity index (χ1n) is 9.89. The normalized spacial score (nSPS) is 17.3. The summed E-state index contributed by atoms with van der Waals surface area (Å²) in [5, 5.41) is 13.6. The number of thioether (sulfide) groups is 1. The van der Waals surface area contributed by atoms with E-state index in [0.29, 0.717) is 11.7 Å². The van der Waals surface area contributed by atoms with Crippen molar-refractivity contribution in [3.63, 3.8) is 0 Å². The molecule has 2 aromatic carbocycles. The van der Waals surface area contributed by atoms with Crippen molar-refractivity contribution >= 4 is 45.8 Å². The number of anilines is 1. The highest BCUT2D eigenvalue weighted by Crippen LogP contribution is 2.34. The minimum absolute atomic E-state index is 0.100. The molecule has 9 heteroatoms. The van der Waals surface area contributed by atoms with Gasteiger partial charge in [0.25, 0.3) is 5.69 Å². The van der Waals surface area contributed by atoms with Gasteiger partial charge in [0, 0.05) is 19.0 Å². The first-order chi connectivity index (χ1) is 14.7. The van der Waals surface area contributed by atoms with Crippen LogP contribution in [0.2, 0.25) is 0 Å². The third kappa shape index (κ3) is 4.93. The monoisotopic (exact) mass is 440 g/mol.